The Bertz CT molecular complexity index is 350. The van der Waals surface area contributed by atoms with Crippen LogP contribution in [0, 0.1) is 0 Å². The quantitative estimate of drug-likeness (QED) is 0.766. The first kappa shape index (κ1) is 14.8. The Hall–Kier alpha value is -1.22. The Morgan fingerprint density at radius 1 is 1.00 bits per heavy atom. The summed E-state index contributed by atoms with van der Waals surface area (Å²) in [6.07, 6.45) is 2.18. The summed E-state index contributed by atoms with van der Waals surface area (Å²) in [5.74, 6) is 1.49. The summed E-state index contributed by atoms with van der Waals surface area (Å²) < 4.78 is 11.3. The first-order valence-electron chi connectivity index (χ1n) is 6.80. The van der Waals surface area contributed by atoms with Crippen LogP contribution in [0.2, 0.25) is 0 Å². The summed E-state index contributed by atoms with van der Waals surface area (Å²) in [6.45, 7) is 7.43. The maximum Gasteiger partial charge on any atom is 0.161 e. The molecular formula is C15H24O3. The zero-order chi connectivity index (χ0) is 13.4. The van der Waals surface area contributed by atoms with E-state index < -0.39 is 6.10 Å². The van der Waals surface area contributed by atoms with E-state index in [0.717, 1.165) is 29.9 Å². The second-order valence-corrected chi connectivity index (χ2v) is 4.33. The summed E-state index contributed by atoms with van der Waals surface area (Å²) in [5.41, 5.74) is 0.882. The van der Waals surface area contributed by atoms with Crippen LogP contribution in [-0.2, 0) is 0 Å². The molecule has 1 unspecified atom stereocenters. The summed E-state index contributed by atoms with van der Waals surface area (Å²) in [6, 6.07) is 5.67. The van der Waals surface area contributed by atoms with E-state index in [4.69, 9.17) is 9.47 Å². The van der Waals surface area contributed by atoms with Gasteiger partial charge in [0, 0.05) is 0 Å². The Labute approximate surface area is 110 Å². The molecule has 102 valence electrons. The standard InChI is InChI=1S/C15H24O3/c1-4-9-17-14-8-7-12(13(16)6-3)11-15(14)18-10-5-2/h7-8,11,13,16H,4-6,9-10H2,1-3H3. The van der Waals surface area contributed by atoms with Gasteiger partial charge in [0.15, 0.2) is 11.5 Å². The van der Waals surface area contributed by atoms with E-state index in [1.165, 1.54) is 0 Å². The topological polar surface area (TPSA) is 38.7 Å². The fourth-order valence-corrected chi connectivity index (χ4v) is 1.62. The fraction of sp³-hybridized carbons (Fsp3) is 0.600. The van der Waals surface area contributed by atoms with Crippen LogP contribution in [0.4, 0.5) is 0 Å². The lowest BCUT2D eigenvalue weighted by molar-refractivity contribution is 0.172. The van der Waals surface area contributed by atoms with Crippen molar-refractivity contribution in [2.45, 2.75) is 46.1 Å². The molecule has 3 heteroatoms. The second kappa shape index (κ2) is 7.98. The van der Waals surface area contributed by atoms with Crippen LogP contribution in [0.1, 0.15) is 51.7 Å². The van der Waals surface area contributed by atoms with Crippen molar-refractivity contribution in [3.05, 3.63) is 23.8 Å². The van der Waals surface area contributed by atoms with Crippen LogP contribution in [0.25, 0.3) is 0 Å². The molecule has 0 fully saturated rings. The third-order valence-electron chi connectivity index (χ3n) is 2.66. The van der Waals surface area contributed by atoms with E-state index in [2.05, 4.69) is 13.8 Å². The first-order valence-corrected chi connectivity index (χ1v) is 6.80. The lowest BCUT2D eigenvalue weighted by atomic mass is 10.1. The van der Waals surface area contributed by atoms with Gasteiger partial charge in [-0.3, -0.25) is 0 Å². The van der Waals surface area contributed by atoms with Gasteiger partial charge in [-0.1, -0.05) is 26.8 Å². The Morgan fingerprint density at radius 3 is 2.17 bits per heavy atom. The SMILES string of the molecule is CCCOc1ccc(C(O)CC)cc1OCCC. The van der Waals surface area contributed by atoms with Gasteiger partial charge in [0.05, 0.1) is 19.3 Å². The smallest absolute Gasteiger partial charge is 0.161 e. The van der Waals surface area contributed by atoms with Gasteiger partial charge < -0.3 is 14.6 Å². The molecule has 0 amide bonds. The highest BCUT2D eigenvalue weighted by Gasteiger charge is 2.11. The summed E-state index contributed by atoms with van der Waals surface area (Å²) in [7, 11) is 0. The molecule has 1 atom stereocenters. The highest BCUT2D eigenvalue weighted by atomic mass is 16.5. The highest BCUT2D eigenvalue weighted by Crippen LogP contribution is 2.31. The molecular weight excluding hydrogens is 228 g/mol. The van der Waals surface area contributed by atoms with Crippen molar-refractivity contribution in [2.24, 2.45) is 0 Å². The van der Waals surface area contributed by atoms with E-state index in [-0.39, 0.29) is 0 Å². The predicted molar refractivity (Wildman–Crippen MR) is 73.3 cm³/mol. The van der Waals surface area contributed by atoms with E-state index in [1.54, 1.807) is 0 Å². The summed E-state index contributed by atoms with van der Waals surface area (Å²) in [4.78, 5) is 0. The van der Waals surface area contributed by atoms with Crippen molar-refractivity contribution in [3.63, 3.8) is 0 Å². The fourth-order valence-electron chi connectivity index (χ4n) is 1.62. The van der Waals surface area contributed by atoms with Gasteiger partial charge in [0.1, 0.15) is 0 Å². The number of benzene rings is 1. The van der Waals surface area contributed by atoms with E-state index in [1.807, 2.05) is 25.1 Å². The molecule has 0 radical (unpaired) electrons. The Balaban J connectivity index is 2.88. The minimum Gasteiger partial charge on any atom is -0.490 e. The van der Waals surface area contributed by atoms with Crippen molar-refractivity contribution in [1.29, 1.82) is 0 Å². The van der Waals surface area contributed by atoms with Crippen molar-refractivity contribution >= 4 is 0 Å². The number of rotatable bonds is 8. The molecule has 1 rings (SSSR count). The molecule has 3 nitrogen and oxygen atoms in total. The molecule has 0 saturated carbocycles. The van der Waals surface area contributed by atoms with Crippen molar-refractivity contribution in [2.75, 3.05) is 13.2 Å². The molecule has 1 N–H and O–H groups in total. The predicted octanol–water partition coefficient (Wildman–Crippen LogP) is 3.71. The first-order chi connectivity index (χ1) is 8.72. The van der Waals surface area contributed by atoms with Crippen LogP contribution in [0.3, 0.4) is 0 Å². The minimum absolute atomic E-state index is 0.436. The van der Waals surface area contributed by atoms with Gasteiger partial charge in [-0.05, 0) is 37.0 Å². The van der Waals surface area contributed by atoms with Gasteiger partial charge in [-0.25, -0.2) is 0 Å². The third kappa shape index (κ3) is 4.22. The molecule has 0 spiro atoms. The molecule has 0 aromatic heterocycles. The zero-order valence-corrected chi connectivity index (χ0v) is 11.6. The number of ether oxygens (including phenoxy) is 2. The molecule has 0 aliphatic rings. The molecule has 0 saturated heterocycles. The van der Waals surface area contributed by atoms with E-state index in [9.17, 15) is 5.11 Å². The van der Waals surface area contributed by atoms with Crippen molar-refractivity contribution in [1.82, 2.24) is 0 Å². The zero-order valence-electron chi connectivity index (χ0n) is 11.6. The lowest BCUT2D eigenvalue weighted by Crippen LogP contribution is -2.03. The molecule has 18 heavy (non-hydrogen) atoms. The van der Waals surface area contributed by atoms with E-state index in [0.29, 0.717) is 19.6 Å². The Morgan fingerprint density at radius 2 is 1.61 bits per heavy atom. The largest absolute Gasteiger partial charge is 0.490 e. The van der Waals surface area contributed by atoms with Crippen molar-refractivity contribution in [3.8, 4) is 11.5 Å². The van der Waals surface area contributed by atoms with Gasteiger partial charge in [0.25, 0.3) is 0 Å². The van der Waals surface area contributed by atoms with Gasteiger partial charge in [-0.15, -0.1) is 0 Å². The molecule has 0 bridgehead atoms. The van der Waals surface area contributed by atoms with Gasteiger partial charge in [0.2, 0.25) is 0 Å². The van der Waals surface area contributed by atoms with Crippen LogP contribution in [-0.4, -0.2) is 18.3 Å². The average Bonchev–Trinajstić information content (AvgIpc) is 2.42. The molecule has 0 heterocycles. The van der Waals surface area contributed by atoms with Gasteiger partial charge in [-0.2, -0.15) is 0 Å². The minimum atomic E-state index is -0.436. The molecule has 1 aromatic rings. The van der Waals surface area contributed by atoms with Crippen molar-refractivity contribution < 1.29 is 14.6 Å². The molecule has 1 aromatic carbocycles. The average molecular weight is 252 g/mol. The number of hydrogen-bond donors (Lipinski definition) is 1. The maximum absolute atomic E-state index is 9.85. The maximum atomic E-state index is 9.85. The van der Waals surface area contributed by atoms with Gasteiger partial charge >= 0.3 is 0 Å². The number of aliphatic hydroxyl groups is 1. The van der Waals surface area contributed by atoms with Crippen LogP contribution < -0.4 is 9.47 Å². The van der Waals surface area contributed by atoms with Crippen LogP contribution in [0.15, 0.2) is 18.2 Å². The molecule has 0 aliphatic heterocycles. The van der Waals surface area contributed by atoms with E-state index >= 15 is 0 Å². The number of hydrogen-bond acceptors (Lipinski definition) is 3. The summed E-state index contributed by atoms with van der Waals surface area (Å²) in [5, 5.41) is 9.85. The highest BCUT2D eigenvalue weighted by molar-refractivity contribution is 5.43. The normalized spacial score (nSPS) is 12.2. The molecule has 0 aliphatic carbocycles. The summed E-state index contributed by atoms with van der Waals surface area (Å²) >= 11 is 0. The van der Waals surface area contributed by atoms with Crippen LogP contribution >= 0.6 is 0 Å². The van der Waals surface area contributed by atoms with Crippen LogP contribution in [0.5, 0.6) is 11.5 Å². The third-order valence-corrected chi connectivity index (χ3v) is 2.66. The second-order valence-electron chi connectivity index (χ2n) is 4.33. The monoisotopic (exact) mass is 252 g/mol. The Kier molecular flexibility index (Phi) is 6.58. The number of aliphatic hydroxyl groups excluding tert-OH is 1. The lowest BCUT2D eigenvalue weighted by Gasteiger charge is -2.15.